The third-order valence-corrected chi connectivity index (χ3v) is 4.28. The lowest BCUT2D eigenvalue weighted by Crippen LogP contribution is -2.46. The maximum atomic E-state index is 12.7. The smallest absolute Gasteiger partial charge is 0.270 e. The van der Waals surface area contributed by atoms with E-state index in [9.17, 15) is 9.90 Å². The molecule has 1 amide bonds. The Morgan fingerprint density at radius 2 is 2.16 bits per heavy atom. The van der Waals surface area contributed by atoms with Crippen molar-refractivity contribution in [2.75, 3.05) is 13.2 Å². The molecule has 0 spiro atoms. The van der Waals surface area contributed by atoms with Crippen LogP contribution in [-0.2, 0) is 0 Å². The molecule has 0 radical (unpaired) electrons. The molecule has 4 nitrogen and oxygen atoms in total. The predicted molar refractivity (Wildman–Crippen MR) is 73.5 cm³/mol. The largest absolute Gasteiger partial charge is 0.394 e. The monoisotopic (exact) mass is 282 g/mol. The van der Waals surface area contributed by atoms with Gasteiger partial charge in [0.2, 0.25) is 0 Å². The highest BCUT2D eigenvalue weighted by Gasteiger charge is 2.32. The first-order valence-electron chi connectivity index (χ1n) is 7.00. The minimum absolute atomic E-state index is 0.0116. The van der Waals surface area contributed by atoms with Crippen molar-refractivity contribution in [3.63, 3.8) is 0 Å². The van der Waals surface area contributed by atoms with Gasteiger partial charge in [0.15, 0.2) is 0 Å². The van der Waals surface area contributed by atoms with Gasteiger partial charge in [-0.1, -0.05) is 11.6 Å². The first kappa shape index (κ1) is 13.0. The van der Waals surface area contributed by atoms with Gasteiger partial charge in [0.05, 0.1) is 17.7 Å². The second kappa shape index (κ2) is 5.17. The summed E-state index contributed by atoms with van der Waals surface area (Å²) in [6, 6.07) is 2.15. The molecule has 1 atom stereocenters. The highest BCUT2D eigenvalue weighted by atomic mass is 35.5. The van der Waals surface area contributed by atoms with Crippen molar-refractivity contribution < 1.29 is 9.90 Å². The molecule has 3 rings (SSSR count). The van der Waals surface area contributed by atoms with Crippen LogP contribution in [0, 0.1) is 0 Å². The van der Waals surface area contributed by atoms with E-state index in [1.165, 1.54) is 0 Å². The minimum atomic E-state index is -0.0393. The fourth-order valence-electron chi connectivity index (χ4n) is 2.88. The molecule has 1 aliphatic carbocycles. The summed E-state index contributed by atoms with van der Waals surface area (Å²) < 4.78 is 2.01. The number of hydrogen-bond acceptors (Lipinski definition) is 2. The number of nitrogens with zero attached hydrogens (tertiary/aromatic N) is 2. The third-order valence-electron chi connectivity index (χ3n) is 4.07. The van der Waals surface area contributed by atoms with Crippen LogP contribution >= 0.6 is 11.6 Å². The fourth-order valence-corrected chi connectivity index (χ4v) is 3.09. The number of carbonyl (C=O) groups is 1. The molecule has 0 aromatic carbocycles. The Hall–Kier alpha value is -1.00. The molecule has 1 unspecified atom stereocenters. The van der Waals surface area contributed by atoms with Crippen LogP contribution in [0.25, 0.3) is 0 Å². The Morgan fingerprint density at radius 3 is 2.84 bits per heavy atom. The van der Waals surface area contributed by atoms with Gasteiger partial charge in [-0.3, -0.25) is 4.79 Å². The molecule has 1 aromatic rings. The number of hydrogen-bond donors (Lipinski definition) is 1. The van der Waals surface area contributed by atoms with E-state index < -0.39 is 0 Å². The summed E-state index contributed by atoms with van der Waals surface area (Å²) >= 11 is 6.05. The number of rotatable bonds is 3. The summed E-state index contributed by atoms with van der Waals surface area (Å²) in [5.41, 5.74) is 0.674. The number of amides is 1. The zero-order valence-corrected chi connectivity index (χ0v) is 11.6. The van der Waals surface area contributed by atoms with Gasteiger partial charge in [-0.2, -0.15) is 0 Å². The molecular weight excluding hydrogens is 264 g/mol. The normalized spacial score (nSPS) is 23.7. The maximum Gasteiger partial charge on any atom is 0.270 e. The van der Waals surface area contributed by atoms with Gasteiger partial charge in [0.25, 0.3) is 5.91 Å². The molecule has 1 aliphatic heterocycles. The lowest BCUT2D eigenvalue weighted by molar-refractivity contribution is 0.0492. The van der Waals surface area contributed by atoms with Crippen LogP contribution in [0.4, 0.5) is 0 Å². The summed E-state index contributed by atoms with van der Waals surface area (Å²) in [7, 11) is 0. The van der Waals surface area contributed by atoms with Crippen LogP contribution in [0.3, 0.4) is 0 Å². The van der Waals surface area contributed by atoms with Crippen LogP contribution in [-0.4, -0.2) is 39.7 Å². The van der Waals surface area contributed by atoms with Crippen molar-refractivity contribution in [2.45, 2.75) is 44.2 Å². The third kappa shape index (κ3) is 2.51. The topological polar surface area (TPSA) is 45.5 Å². The zero-order chi connectivity index (χ0) is 13.4. The Balaban J connectivity index is 1.86. The van der Waals surface area contributed by atoms with Gasteiger partial charge in [0, 0.05) is 18.8 Å². The van der Waals surface area contributed by atoms with Gasteiger partial charge < -0.3 is 14.6 Å². The first-order valence-corrected chi connectivity index (χ1v) is 7.37. The molecule has 2 fully saturated rings. The number of halogens is 1. The minimum Gasteiger partial charge on any atom is -0.394 e. The van der Waals surface area contributed by atoms with E-state index in [1.807, 2.05) is 15.7 Å². The van der Waals surface area contributed by atoms with Crippen LogP contribution < -0.4 is 0 Å². The van der Waals surface area contributed by atoms with E-state index in [4.69, 9.17) is 11.6 Å². The van der Waals surface area contributed by atoms with E-state index >= 15 is 0 Å². The molecule has 0 bridgehead atoms. The highest BCUT2D eigenvalue weighted by molar-refractivity contribution is 6.31. The number of piperidine rings is 1. The molecule has 1 aromatic heterocycles. The van der Waals surface area contributed by atoms with E-state index in [0.717, 1.165) is 38.6 Å². The lowest BCUT2D eigenvalue weighted by atomic mass is 10.0. The highest BCUT2D eigenvalue weighted by Crippen LogP contribution is 2.38. The van der Waals surface area contributed by atoms with Crippen molar-refractivity contribution in [3.8, 4) is 0 Å². The van der Waals surface area contributed by atoms with Gasteiger partial charge >= 0.3 is 0 Å². The van der Waals surface area contributed by atoms with E-state index in [-0.39, 0.29) is 18.6 Å². The van der Waals surface area contributed by atoms with E-state index in [0.29, 0.717) is 16.8 Å². The van der Waals surface area contributed by atoms with Crippen molar-refractivity contribution in [1.29, 1.82) is 0 Å². The number of aliphatic hydroxyl groups excluding tert-OH is 1. The molecule has 1 N–H and O–H groups in total. The van der Waals surface area contributed by atoms with Crippen molar-refractivity contribution in [2.24, 2.45) is 0 Å². The Labute approximate surface area is 118 Å². The summed E-state index contributed by atoms with van der Waals surface area (Å²) in [5.74, 6) is 0.0116. The molecule has 2 heterocycles. The Morgan fingerprint density at radius 1 is 1.37 bits per heavy atom. The summed E-state index contributed by atoms with van der Waals surface area (Å²) in [4.78, 5) is 14.5. The van der Waals surface area contributed by atoms with Gasteiger partial charge in [0.1, 0.15) is 5.69 Å². The Kier molecular flexibility index (Phi) is 3.54. The second-order valence-corrected chi connectivity index (χ2v) is 5.95. The molecule has 19 heavy (non-hydrogen) atoms. The van der Waals surface area contributed by atoms with E-state index in [1.54, 1.807) is 6.07 Å². The molecule has 104 valence electrons. The quantitative estimate of drug-likeness (QED) is 0.926. The number of carbonyl (C=O) groups excluding carboxylic acids is 1. The van der Waals surface area contributed by atoms with Crippen molar-refractivity contribution in [1.82, 2.24) is 9.47 Å². The molecule has 5 heteroatoms. The first-order chi connectivity index (χ1) is 9.20. The molecule has 1 saturated carbocycles. The maximum absolute atomic E-state index is 12.7. The summed E-state index contributed by atoms with van der Waals surface area (Å²) in [6.45, 7) is 0.779. The van der Waals surface area contributed by atoms with Gasteiger partial charge in [-0.05, 0) is 38.2 Å². The van der Waals surface area contributed by atoms with Crippen LogP contribution in [0.1, 0.15) is 48.6 Å². The van der Waals surface area contributed by atoms with Crippen molar-refractivity contribution >= 4 is 17.5 Å². The van der Waals surface area contributed by atoms with E-state index in [2.05, 4.69) is 0 Å². The Bertz CT molecular complexity index is 482. The van der Waals surface area contributed by atoms with Crippen LogP contribution in [0.2, 0.25) is 5.02 Å². The standard InChI is InChI=1S/C14H19ClN2O2/c15-10-7-13(17(8-10)11-4-5-11)14(19)16-6-2-1-3-12(16)9-18/h7-8,11-12,18H,1-6,9H2. The van der Waals surface area contributed by atoms with Gasteiger partial charge in [-0.25, -0.2) is 0 Å². The SMILES string of the molecule is O=C(c1cc(Cl)cn1C1CC1)N1CCCCC1CO. The van der Waals surface area contributed by atoms with Crippen molar-refractivity contribution in [3.05, 3.63) is 23.0 Å². The number of likely N-dealkylation sites (tertiary alicyclic amines) is 1. The predicted octanol–water partition coefficient (Wildman–Crippen LogP) is 2.46. The average Bonchev–Trinajstić information content (AvgIpc) is 3.21. The summed E-state index contributed by atoms with van der Waals surface area (Å²) in [6.07, 6.45) is 7.08. The van der Waals surface area contributed by atoms with Gasteiger partial charge in [-0.15, -0.1) is 0 Å². The fraction of sp³-hybridized carbons (Fsp3) is 0.643. The summed E-state index contributed by atoms with van der Waals surface area (Å²) in [5, 5.41) is 10.0. The number of aromatic nitrogens is 1. The molecule has 2 aliphatic rings. The second-order valence-electron chi connectivity index (χ2n) is 5.51. The molecular formula is C14H19ClN2O2. The zero-order valence-electron chi connectivity index (χ0n) is 10.9. The number of aliphatic hydroxyl groups is 1. The molecule has 1 saturated heterocycles. The lowest BCUT2D eigenvalue weighted by Gasteiger charge is -2.34. The van der Waals surface area contributed by atoms with Crippen LogP contribution in [0.15, 0.2) is 12.3 Å². The van der Waals surface area contributed by atoms with Crippen LogP contribution in [0.5, 0.6) is 0 Å². The average molecular weight is 283 g/mol.